The van der Waals surface area contributed by atoms with Crippen LogP contribution in [0.5, 0.6) is 11.5 Å². The van der Waals surface area contributed by atoms with Crippen LogP contribution in [0.3, 0.4) is 0 Å². The summed E-state index contributed by atoms with van der Waals surface area (Å²) in [4.78, 5) is 26.5. The molecular formula is C32H37F3N6O5S. The number of amides is 1. The molecule has 1 aliphatic carbocycles. The lowest BCUT2D eigenvalue weighted by Crippen LogP contribution is -2.33. The van der Waals surface area contributed by atoms with Gasteiger partial charge in [-0.15, -0.1) is 0 Å². The Labute approximate surface area is 271 Å². The molecule has 15 heteroatoms. The van der Waals surface area contributed by atoms with Crippen molar-refractivity contribution in [3.8, 4) is 11.5 Å². The number of carbonyl (C=O) groups is 1. The molecule has 11 nitrogen and oxygen atoms in total. The number of aromatic nitrogens is 3. The number of pyridine rings is 1. The zero-order valence-electron chi connectivity index (χ0n) is 27.0. The first-order valence-corrected chi connectivity index (χ1v) is 16.4. The van der Waals surface area contributed by atoms with E-state index in [2.05, 4.69) is 4.98 Å². The number of halogens is 3. The van der Waals surface area contributed by atoms with Crippen molar-refractivity contribution in [1.82, 2.24) is 18.8 Å². The highest BCUT2D eigenvalue weighted by Gasteiger charge is 2.36. The van der Waals surface area contributed by atoms with Gasteiger partial charge in [-0.25, -0.2) is 22.8 Å². The number of fused-ring (bicyclic) bond motifs is 1. The number of hydrogen-bond donors (Lipinski definition) is 0. The molecule has 0 bridgehead atoms. The fraction of sp³-hybridized carbons (Fsp3) is 0.406. The first-order chi connectivity index (χ1) is 22.3. The number of carbonyl (C=O) groups excluding carboxylic acids is 1. The van der Waals surface area contributed by atoms with E-state index >= 15 is 4.39 Å². The van der Waals surface area contributed by atoms with Crippen LogP contribution in [-0.2, 0) is 41.4 Å². The smallest absolute Gasteiger partial charge is 0.350 e. The molecular weight excluding hydrogens is 637 g/mol. The van der Waals surface area contributed by atoms with Crippen molar-refractivity contribution in [3.63, 3.8) is 0 Å². The topological polar surface area (TPSA) is 110 Å². The Kier molecular flexibility index (Phi) is 9.68. The number of sulfonamides is 1. The number of anilines is 3. The first-order valence-electron chi connectivity index (χ1n) is 14.9. The summed E-state index contributed by atoms with van der Waals surface area (Å²) in [5.74, 6) is -2.80. The molecule has 4 aromatic rings. The lowest BCUT2D eigenvalue weighted by Gasteiger charge is -2.27. The van der Waals surface area contributed by atoms with Gasteiger partial charge in [-0.3, -0.25) is 9.69 Å². The standard InChI is InChI=1S/C32H37F3N6O5S/c1-7-20-12-19(16-39(3)47(43,44)32(34)35)13-24(33)29(20)40(4)27-15-25-28(36-18-38(25)2)30(37-27)41(31(42)21-8-9-21)17-22-10-11-23(45-5)14-26(22)46-6/h10-15,18,21,32H,7-9,16-17H2,1-6H3. The number of benzene rings is 2. The van der Waals surface area contributed by atoms with E-state index in [1.165, 1.54) is 7.11 Å². The molecule has 1 fully saturated rings. The molecule has 0 spiro atoms. The van der Waals surface area contributed by atoms with Crippen molar-refractivity contribution < 1.29 is 35.9 Å². The van der Waals surface area contributed by atoms with E-state index in [4.69, 9.17) is 14.5 Å². The van der Waals surface area contributed by atoms with Gasteiger partial charge in [0.25, 0.3) is 10.0 Å². The van der Waals surface area contributed by atoms with Crippen molar-refractivity contribution in [2.75, 3.05) is 38.1 Å². The number of ether oxygens (including phenoxy) is 2. The monoisotopic (exact) mass is 674 g/mol. The summed E-state index contributed by atoms with van der Waals surface area (Å²) in [6.07, 6.45) is 3.47. The molecule has 2 heterocycles. The lowest BCUT2D eigenvalue weighted by atomic mass is 10.0. The molecule has 0 aliphatic heterocycles. The second-order valence-electron chi connectivity index (χ2n) is 11.5. The number of imidazole rings is 1. The van der Waals surface area contributed by atoms with Gasteiger partial charge < -0.3 is 18.9 Å². The quantitative estimate of drug-likeness (QED) is 0.186. The highest BCUT2D eigenvalue weighted by Crippen LogP contribution is 2.39. The molecule has 5 rings (SSSR count). The van der Waals surface area contributed by atoms with Crippen molar-refractivity contribution in [2.45, 2.75) is 45.0 Å². The summed E-state index contributed by atoms with van der Waals surface area (Å²) < 4.78 is 79.2. The van der Waals surface area contributed by atoms with E-state index in [-0.39, 0.29) is 29.6 Å². The predicted octanol–water partition coefficient (Wildman–Crippen LogP) is 5.38. The van der Waals surface area contributed by atoms with E-state index in [1.54, 1.807) is 73.1 Å². The normalized spacial score (nSPS) is 13.4. The third kappa shape index (κ3) is 6.72. The molecule has 2 aromatic carbocycles. The third-order valence-corrected chi connectivity index (χ3v) is 9.73. The van der Waals surface area contributed by atoms with Gasteiger partial charge in [-0.2, -0.15) is 13.1 Å². The minimum atomic E-state index is -4.85. The van der Waals surface area contributed by atoms with E-state index in [0.717, 1.165) is 31.5 Å². The van der Waals surface area contributed by atoms with Gasteiger partial charge in [0.1, 0.15) is 28.7 Å². The van der Waals surface area contributed by atoms with Gasteiger partial charge in [-0.05, 0) is 48.6 Å². The molecule has 0 atom stereocenters. The van der Waals surface area contributed by atoms with Crippen molar-refractivity contribution in [3.05, 3.63) is 65.2 Å². The van der Waals surface area contributed by atoms with Gasteiger partial charge in [0.15, 0.2) is 5.82 Å². The van der Waals surface area contributed by atoms with Crippen LogP contribution in [0.15, 0.2) is 42.7 Å². The van der Waals surface area contributed by atoms with Crippen molar-refractivity contribution in [2.24, 2.45) is 13.0 Å². The molecule has 0 unspecified atom stereocenters. The highest BCUT2D eigenvalue weighted by atomic mass is 32.2. The highest BCUT2D eigenvalue weighted by molar-refractivity contribution is 7.89. The zero-order valence-corrected chi connectivity index (χ0v) is 27.8. The van der Waals surface area contributed by atoms with Crippen LogP contribution in [0.2, 0.25) is 0 Å². The number of alkyl halides is 2. The van der Waals surface area contributed by atoms with Crippen LogP contribution in [0.4, 0.5) is 30.5 Å². The van der Waals surface area contributed by atoms with E-state index in [0.29, 0.717) is 50.5 Å². The number of rotatable bonds is 13. The molecule has 1 saturated carbocycles. The fourth-order valence-corrected chi connectivity index (χ4v) is 6.07. The maximum Gasteiger partial charge on any atom is 0.350 e. The van der Waals surface area contributed by atoms with Crippen molar-refractivity contribution in [1.29, 1.82) is 0 Å². The Bertz CT molecular complexity index is 1910. The van der Waals surface area contributed by atoms with Crippen LogP contribution < -0.4 is 19.3 Å². The minimum absolute atomic E-state index is 0.116. The molecule has 252 valence electrons. The Morgan fingerprint density at radius 1 is 1.06 bits per heavy atom. The molecule has 47 heavy (non-hydrogen) atoms. The maximum atomic E-state index is 15.9. The molecule has 0 radical (unpaired) electrons. The summed E-state index contributed by atoms with van der Waals surface area (Å²) in [5, 5.41) is 0. The second-order valence-corrected chi connectivity index (χ2v) is 13.5. The molecule has 0 saturated heterocycles. The molecule has 1 aliphatic rings. The van der Waals surface area contributed by atoms with Gasteiger partial charge in [0.2, 0.25) is 5.91 Å². The first kappa shape index (κ1) is 34.0. The van der Waals surface area contributed by atoms with Crippen molar-refractivity contribution >= 4 is 44.3 Å². The summed E-state index contributed by atoms with van der Waals surface area (Å²) in [5.41, 5.74) is 2.76. The summed E-state index contributed by atoms with van der Waals surface area (Å²) in [7, 11) is 2.71. The third-order valence-electron chi connectivity index (χ3n) is 8.28. The van der Waals surface area contributed by atoms with Crippen LogP contribution in [0, 0.1) is 11.7 Å². The average molecular weight is 675 g/mol. The Balaban J connectivity index is 1.59. The predicted molar refractivity (Wildman–Crippen MR) is 172 cm³/mol. The molecule has 0 N–H and O–H groups in total. The second kappa shape index (κ2) is 13.4. The average Bonchev–Trinajstić information content (AvgIpc) is 3.84. The van der Waals surface area contributed by atoms with E-state index in [9.17, 15) is 22.0 Å². The summed E-state index contributed by atoms with van der Waals surface area (Å²) >= 11 is 0. The van der Waals surface area contributed by atoms with Crippen LogP contribution in [0.25, 0.3) is 11.0 Å². The largest absolute Gasteiger partial charge is 0.497 e. The number of nitrogens with zero attached hydrogens (tertiary/aromatic N) is 6. The lowest BCUT2D eigenvalue weighted by molar-refractivity contribution is -0.119. The van der Waals surface area contributed by atoms with Crippen LogP contribution in [-0.4, -0.2) is 67.2 Å². The number of hydrogen-bond acceptors (Lipinski definition) is 8. The zero-order chi connectivity index (χ0) is 34.2. The van der Waals surface area contributed by atoms with E-state index in [1.807, 2.05) is 6.07 Å². The van der Waals surface area contributed by atoms with Crippen LogP contribution >= 0.6 is 0 Å². The Morgan fingerprint density at radius 3 is 2.40 bits per heavy atom. The maximum absolute atomic E-state index is 15.9. The SMILES string of the molecule is CCc1cc(CN(C)S(=O)(=O)C(F)F)cc(F)c1N(C)c1cc2c(ncn2C)c(N(Cc2ccc(OC)cc2OC)C(=O)C2CC2)n1. The van der Waals surface area contributed by atoms with Crippen LogP contribution in [0.1, 0.15) is 36.5 Å². The van der Waals surface area contributed by atoms with Gasteiger partial charge >= 0.3 is 5.76 Å². The van der Waals surface area contributed by atoms with Gasteiger partial charge in [0, 0.05) is 51.3 Å². The Morgan fingerprint density at radius 2 is 1.79 bits per heavy atom. The van der Waals surface area contributed by atoms with Gasteiger partial charge in [-0.1, -0.05) is 13.0 Å². The van der Waals surface area contributed by atoms with Gasteiger partial charge in [0.05, 0.1) is 38.3 Å². The number of aryl methyl sites for hydroxylation is 2. The summed E-state index contributed by atoms with van der Waals surface area (Å²) in [6, 6.07) is 9.81. The molecule has 2 aromatic heterocycles. The van der Waals surface area contributed by atoms with E-state index < -0.39 is 28.1 Å². The minimum Gasteiger partial charge on any atom is -0.497 e. The molecule has 1 amide bonds. The summed E-state index contributed by atoms with van der Waals surface area (Å²) in [6.45, 7) is 1.50. The number of methoxy groups -OCH3 is 2. The Hall–Kier alpha value is -4.37. The fourth-order valence-electron chi connectivity index (χ4n) is 5.47.